The first kappa shape index (κ1) is 20.7. The lowest BCUT2D eigenvalue weighted by atomic mass is 10.1. The van der Waals surface area contributed by atoms with Crippen molar-refractivity contribution in [1.29, 1.82) is 0 Å². The molecule has 0 saturated heterocycles. The van der Waals surface area contributed by atoms with Crippen molar-refractivity contribution in [2.45, 2.75) is 46.5 Å². The standard InChI is InChI=1S/C22H30N2O3/c1-4-5-14-24(22(26)20-16-17(2)27-18(20)3)15-12-21(25)23-13-11-19-9-7-6-8-10-19/h6-10,16H,4-5,11-15H2,1-3H3,(H,23,25). The number of nitrogens with zero attached hydrogens (tertiary/aromatic N) is 1. The Morgan fingerprint density at radius 2 is 1.85 bits per heavy atom. The third-order valence-electron chi connectivity index (χ3n) is 4.53. The molecule has 27 heavy (non-hydrogen) atoms. The van der Waals surface area contributed by atoms with Crippen molar-refractivity contribution in [3.63, 3.8) is 0 Å². The minimum atomic E-state index is -0.0603. The van der Waals surface area contributed by atoms with Crippen molar-refractivity contribution in [2.24, 2.45) is 0 Å². The van der Waals surface area contributed by atoms with Crippen molar-refractivity contribution < 1.29 is 14.0 Å². The molecule has 1 heterocycles. The molecule has 2 amide bonds. The highest BCUT2D eigenvalue weighted by atomic mass is 16.3. The summed E-state index contributed by atoms with van der Waals surface area (Å²) in [7, 11) is 0. The van der Waals surface area contributed by atoms with Crippen LogP contribution in [0.2, 0.25) is 0 Å². The first-order valence-corrected chi connectivity index (χ1v) is 9.68. The number of unbranched alkanes of at least 4 members (excludes halogenated alkanes) is 1. The smallest absolute Gasteiger partial charge is 0.257 e. The molecule has 0 aliphatic heterocycles. The molecule has 0 fully saturated rings. The van der Waals surface area contributed by atoms with E-state index in [9.17, 15) is 9.59 Å². The predicted molar refractivity (Wildman–Crippen MR) is 107 cm³/mol. The zero-order valence-corrected chi connectivity index (χ0v) is 16.6. The van der Waals surface area contributed by atoms with Crippen LogP contribution in [-0.2, 0) is 11.2 Å². The molecule has 0 radical (unpaired) electrons. The lowest BCUT2D eigenvalue weighted by molar-refractivity contribution is -0.121. The molecule has 1 aromatic carbocycles. The molecule has 5 heteroatoms. The van der Waals surface area contributed by atoms with Gasteiger partial charge in [0.1, 0.15) is 11.5 Å². The number of hydrogen-bond donors (Lipinski definition) is 1. The summed E-state index contributed by atoms with van der Waals surface area (Å²) in [5.74, 6) is 1.27. The number of rotatable bonds is 10. The predicted octanol–water partition coefficient (Wildman–Crippen LogP) is 3.89. The molecular formula is C22H30N2O3. The van der Waals surface area contributed by atoms with Gasteiger partial charge in [0.2, 0.25) is 5.91 Å². The zero-order chi connectivity index (χ0) is 19.6. The van der Waals surface area contributed by atoms with Crippen LogP contribution in [0.25, 0.3) is 0 Å². The quantitative estimate of drug-likeness (QED) is 0.690. The van der Waals surface area contributed by atoms with Crippen LogP contribution in [0.3, 0.4) is 0 Å². The topological polar surface area (TPSA) is 62.6 Å². The molecule has 2 aromatic rings. The number of benzene rings is 1. The van der Waals surface area contributed by atoms with Crippen LogP contribution in [0.4, 0.5) is 0 Å². The van der Waals surface area contributed by atoms with E-state index in [1.165, 1.54) is 5.56 Å². The summed E-state index contributed by atoms with van der Waals surface area (Å²) in [6.45, 7) is 7.39. The number of nitrogens with one attached hydrogen (secondary N) is 1. The SMILES string of the molecule is CCCCN(CCC(=O)NCCc1ccccc1)C(=O)c1cc(C)oc1C. The van der Waals surface area contributed by atoms with E-state index >= 15 is 0 Å². The molecule has 0 aliphatic carbocycles. The van der Waals surface area contributed by atoms with E-state index in [0.717, 1.165) is 25.0 Å². The maximum absolute atomic E-state index is 12.8. The minimum Gasteiger partial charge on any atom is -0.466 e. The minimum absolute atomic E-state index is 0.0275. The van der Waals surface area contributed by atoms with Gasteiger partial charge in [-0.1, -0.05) is 43.7 Å². The highest BCUT2D eigenvalue weighted by Gasteiger charge is 2.20. The van der Waals surface area contributed by atoms with E-state index in [0.29, 0.717) is 37.4 Å². The van der Waals surface area contributed by atoms with Gasteiger partial charge in [-0.2, -0.15) is 0 Å². The van der Waals surface area contributed by atoms with E-state index in [2.05, 4.69) is 12.2 Å². The number of furan rings is 1. The van der Waals surface area contributed by atoms with Gasteiger partial charge in [-0.15, -0.1) is 0 Å². The van der Waals surface area contributed by atoms with Crippen molar-refractivity contribution in [3.8, 4) is 0 Å². The third kappa shape index (κ3) is 6.59. The average molecular weight is 370 g/mol. The molecule has 1 aromatic heterocycles. The first-order chi connectivity index (χ1) is 13.0. The highest BCUT2D eigenvalue weighted by molar-refractivity contribution is 5.95. The Kier molecular flexibility index (Phi) is 8.11. The van der Waals surface area contributed by atoms with Gasteiger partial charge in [0, 0.05) is 26.1 Å². The molecule has 0 saturated carbocycles. The zero-order valence-electron chi connectivity index (χ0n) is 16.6. The molecule has 0 aliphatic rings. The van der Waals surface area contributed by atoms with Crippen LogP contribution in [0, 0.1) is 13.8 Å². The van der Waals surface area contributed by atoms with Gasteiger partial charge >= 0.3 is 0 Å². The summed E-state index contributed by atoms with van der Waals surface area (Å²) >= 11 is 0. The van der Waals surface area contributed by atoms with E-state index in [1.54, 1.807) is 17.9 Å². The molecule has 2 rings (SSSR count). The van der Waals surface area contributed by atoms with Crippen molar-refractivity contribution in [3.05, 3.63) is 59.0 Å². The largest absolute Gasteiger partial charge is 0.466 e. The van der Waals surface area contributed by atoms with E-state index in [1.807, 2.05) is 37.3 Å². The second kappa shape index (κ2) is 10.6. The summed E-state index contributed by atoms with van der Waals surface area (Å²) in [4.78, 5) is 26.8. The Bertz CT molecular complexity index is 737. The Morgan fingerprint density at radius 1 is 1.11 bits per heavy atom. The molecule has 0 bridgehead atoms. The summed E-state index contributed by atoms with van der Waals surface area (Å²) < 4.78 is 5.48. The summed E-state index contributed by atoms with van der Waals surface area (Å²) in [5.41, 5.74) is 1.79. The summed E-state index contributed by atoms with van der Waals surface area (Å²) in [5, 5.41) is 2.94. The van der Waals surface area contributed by atoms with Crippen molar-refractivity contribution in [1.82, 2.24) is 10.2 Å². The Labute approximate surface area is 161 Å². The fourth-order valence-electron chi connectivity index (χ4n) is 2.99. The molecule has 1 N–H and O–H groups in total. The van der Waals surface area contributed by atoms with E-state index < -0.39 is 0 Å². The lowest BCUT2D eigenvalue weighted by Crippen LogP contribution is -2.36. The van der Waals surface area contributed by atoms with Gasteiger partial charge in [-0.05, 0) is 38.3 Å². The summed E-state index contributed by atoms with van der Waals surface area (Å²) in [6, 6.07) is 11.8. The Balaban J connectivity index is 1.85. The van der Waals surface area contributed by atoms with Gasteiger partial charge in [-0.25, -0.2) is 0 Å². The second-order valence-corrected chi connectivity index (χ2v) is 6.81. The monoisotopic (exact) mass is 370 g/mol. The molecule has 146 valence electrons. The van der Waals surface area contributed by atoms with Gasteiger partial charge in [0.25, 0.3) is 5.91 Å². The Morgan fingerprint density at radius 3 is 2.48 bits per heavy atom. The molecular weight excluding hydrogens is 340 g/mol. The lowest BCUT2D eigenvalue weighted by Gasteiger charge is -2.22. The van der Waals surface area contributed by atoms with Crippen LogP contribution >= 0.6 is 0 Å². The van der Waals surface area contributed by atoms with Gasteiger partial charge in [-0.3, -0.25) is 9.59 Å². The fourth-order valence-corrected chi connectivity index (χ4v) is 2.99. The molecule has 0 atom stereocenters. The molecule has 0 spiro atoms. The maximum Gasteiger partial charge on any atom is 0.257 e. The van der Waals surface area contributed by atoms with Crippen LogP contribution in [0.1, 0.15) is 53.6 Å². The maximum atomic E-state index is 12.8. The van der Waals surface area contributed by atoms with Crippen molar-refractivity contribution in [2.75, 3.05) is 19.6 Å². The van der Waals surface area contributed by atoms with Crippen LogP contribution in [0.5, 0.6) is 0 Å². The van der Waals surface area contributed by atoms with Crippen LogP contribution < -0.4 is 5.32 Å². The number of hydrogen-bond acceptors (Lipinski definition) is 3. The second-order valence-electron chi connectivity index (χ2n) is 6.81. The summed E-state index contributed by atoms with van der Waals surface area (Å²) in [6.07, 6.45) is 3.02. The van der Waals surface area contributed by atoms with Gasteiger partial charge in [0.15, 0.2) is 0 Å². The fraction of sp³-hybridized carbons (Fsp3) is 0.455. The first-order valence-electron chi connectivity index (χ1n) is 9.68. The highest BCUT2D eigenvalue weighted by Crippen LogP contribution is 2.16. The third-order valence-corrected chi connectivity index (χ3v) is 4.53. The number of carbonyl (C=O) groups excluding carboxylic acids is 2. The van der Waals surface area contributed by atoms with Crippen LogP contribution in [0.15, 0.2) is 40.8 Å². The number of amides is 2. The Hall–Kier alpha value is -2.56. The van der Waals surface area contributed by atoms with E-state index in [4.69, 9.17) is 4.42 Å². The van der Waals surface area contributed by atoms with Crippen LogP contribution in [-0.4, -0.2) is 36.3 Å². The molecule has 0 unspecified atom stereocenters. The van der Waals surface area contributed by atoms with Crippen molar-refractivity contribution >= 4 is 11.8 Å². The van der Waals surface area contributed by atoms with E-state index in [-0.39, 0.29) is 11.8 Å². The van der Waals surface area contributed by atoms with Gasteiger partial charge < -0.3 is 14.6 Å². The average Bonchev–Trinajstić information content (AvgIpc) is 3.00. The number of carbonyl (C=O) groups is 2. The normalized spacial score (nSPS) is 10.6. The molecule has 5 nitrogen and oxygen atoms in total. The number of aryl methyl sites for hydroxylation is 2. The van der Waals surface area contributed by atoms with Gasteiger partial charge in [0.05, 0.1) is 5.56 Å².